The lowest BCUT2D eigenvalue weighted by atomic mass is 10.2. The van der Waals surface area contributed by atoms with Crippen molar-refractivity contribution in [3.05, 3.63) is 28.2 Å². The van der Waals surface area contributed by atoms with Crippen molar-refractivity contribution in [2.75, 3.05) is 6.54 Å². The van der Waals surface area contributed by atoms with Gasteiger partial charge < -0.3 is 15.2 Å². The third-order valence-electron chi connectivity index (χ3n) is 3.30. The van der Waals surface area contributed by atoms with Crippen LogP contribution in [0, 0.1) is 0 Å². The first-order valence-corrected chi connectivity index (χ1v) is 7.34. The molecule has 0 aliphatic heterocycles. The van der Waals surface area contributed by atoms with E-state index < -0.39 is 0 Å². The third-order valence-corrected chi connectivity index (χ3v) is 3.93. The number of nitrogens with one attached hydrogen (secondary N) is 1. The molecular weight excluding hydrogens is 294 g/mol. The van der Waals surface area contributed by atoms with Gasteiger partial charge in [0.1, 0.15) is 11.9 Å². The Hall–Kier alpha value is -0.580. The van der Waals surface area contributed by atoms with Crippen LogP contribution in [0.15, 0.2) is 22.7 Å². The summed E-state index contributed by atoms with van der Waals surface area (Å²) < 4.78 is 6.97. The van der Waals surface area contributed by atoms with Gasteiger partial charge in [0.25, 0.3) is 0 Å². The highest BCUT2D eigenvalue weighted by atomic mass is 79.9. The maximum absolute atomic E-state index is 9.85. The summed E-state index contributed by atoms with van der Waals surface area (Å²) in [5.41, 5.74) is 1.13. The van der Waals surface area contributed by atoms with E-state index in [2.05, 4.69) is 34.2 Å². The Kier molecular flexibility index (Phi) is 5.03. The Morgan fingerprint density at radius 1 is 1.44 bits per heavy atom. The van der Waals surface area contributed by atoms with Gasteiger partial charge in [0.05, 0.1) is 10.6 Å². The lowest BCUT2D eigenvalue weighted by Crippen LogP contribution is -2.26. The van der Waals surface area contributed by atoms with Gasteiger partial charge in [-0.15, -0.1) is 0 Å². The zero-order chi connectivity index (χ0) is 13.0. The fourth-order valence-electron chi connectivity index (χ4n) is 2.28. The van der Waals surface area contributed by atoms with Crippen LogP contribution in [0.2, 0.25) is 0 Å². The smallest absolute Gasteiger partial charge is 0.138 e. The van der Waals surface area contributed by atoms with Crippen LogP contribution in [0.25, 0.3) is 0 Å². The van der Waals surface area contributed by atoms with E-state index in [1.807, 2.05) is 12.1 Å². The number of ether oxygens (including phenoxy) is 1. The number of hydrogen-bond acceptors (Lipinski definition) is 3. The second-order valence-electron chi connectivity index (χ2n) is 4.66. The molecule has 100 valence electrons. The normalized spacial score (nSPS) is 23.3. The van der Waals surface area contributed by atoms with E-state index >= 15 is 0 Å². The van der Waals surface area contributed by atoms with Crippen molar-refractivity contribution >= 4 is 15.9 Å². The highest BCUT2D eigenvalue weighted by molar-refractivity contribution is 9.10. The van der Waals surface area contributed by atoms with Crippen LogP contribution in [0.4, 0.5) is 0 Å². The number of aliphatic hydroxyl groups is 1. The minimum absolute atomic E-state index is 0.0657. The molecule has 0 aromatic heterocycles. The second kappa shape index (κ2) is 6.55. The zero-order valence-electron chi connectivity index (χ0n) is 10.7. The van der Waals surface area contributed by atoms with E-state index in [0.717, 1.165) is 48.1 Å². The topological polar surface area (TPSA) is 41.5 Å². The monoisotopic (exact) mass is 313 g/mol. The van der Waals surface area contributed by atoms with Crippen molar-refractivity contribution in [2.45, 2.75) is 44.9 Å². The van der Waals surface area contributed by atoms with Gasteiger partial charge in [-0.3, -0.25) is 0 Å². The number of benzene rings is 1. The first-order valence-electron chi connectivity index (χ1n) is 6.55. The van der Waals surface area contributed by atoms with Gasteiger partial charge in [-0.25, -0.2) is 0 Å². The minimum atomic E-state index is -0.330. The first-order chi connectivity index (χ1) is 8.72. The molecule has 0 heterocycles. The summed E-state index contributed by atoms with van der Waals surface area (Å²) in [6.45, 7) is 3.80. The average Bonchev–Trinajstić information content (AvgIpc) is 2.76. The Balaban J connectivity index is 2.14. The molecule has 2 N–H and O–H groups in total. The van der Waals surface area contributed by atoms with Gasteiger partial charge >= 0.3 is 0 Å². The van der Waals surface area contributed by atoms with Crippen LogP contribution in [-0.2, 0) is 6.54 Å². The molecule has 2 atom stereocenters. The van der Waals surface area contributed by atoms with Gasteiger partial charge in [-0.05, 0) is 47.8 Å². The number of aliphatic hydroxyl groups excluding tert-OH is 1. The molecule has 2 rings (SSSR count). The van der Waals surface area contributed by atoms with E-state index in [1.54, 1.807) is 0 Å². The molecule has 4 heteroatoms. The third kappa shape index (κ3) is 3.25. The number of para-hydroxylation sites is 1. The molecule has 18 heavy (non-hydrogen) atoms. The highest BCUT2D eigenvalue weighted by Crippen LogP contribution is 2.33. The Bertz CT molecular complexity index is 397. The zero-order valence-corrected chi connectivity index (χ0v) is 12.2. The molecule has 1 fully saturated rings. The molecule has 1 aromatic rings. The Labute approximate surface area is 117 Å². The molecule has 0 spiro atoms. The first kappa shape index (κ1) is 13.8. The number of halogens is 1. The molecule has 0 saturated heterocycles. The van der Waals surface area contributed by atoms with Crippen LogP contribution >= 0.6 is 15.9 Å². The van der Waals surface area contributed by atoms with Crippen molar-refractivity contribution < 1.29 is 9.84 Å². The fraction of sp³-hybridized carbons (Fsp3) is 0.571. The van der Waals surface area contributed by atoms with Gasteiger partial charge in [0.15, 0.2) is 0 Å². The summed E-state index contributed by atoms with van der Waals surface area (Å²) in [6, 6.07) is 6.05. The van der Waals surface area contributed by atoms with E-state index in [0.29, 0.717) is 0 Å². The van der Waals surface area contributed by atoms with E-state index in [-0.39, 0.29) is 12.2 Å². The summed E-state index contributed by atoms with van der Waals surface area (Å²) in [4.78, 5) is 0. The summed E-state index contributed by atoms with van der Waals surface area (Å²) in [5, 5.41) is 13.2. The predicted molar refractivity (Wildman–Crippen MR) is 75.8 cm³/mol. The van der Waals surface area contributed by atoms with Gasteiger partial charge in [-0.1, -0.05) is 19.1 Å². The Morgan fingerprint density at radius 2 is 2.28 bits per heavy atom. The van der Waals surface area contributed by atoms with E-state index in [9.17, 15) is 5.11 Å². The Morgan fingerprint density at radius 3 is 2.94 bits per heavy atom. The van der Waals surface area contributed by atoms with E-state index in [4.69, 9.17) is 4.74 Å². The molecule has 1 saturated carbocycles. The quantitative estimate of drug-likeness (QED) is 0.878. The SMILES string of the molecule is CCNCc1cccc(Br)c1OC1CCCC1O. The van der Waals surface area contributed by atoms with Crippen molar-refractivity contribution in [3.8, 4) is 5.75 Å². The van der Waals surface area contributed by atoms with Crippen LogP contribution in [0.3, 0.4) is 0 Å². The van der Waals surface area contributed by atoms with E-state index in [1.165, 1.54) is 0 Å². The van der Waals surface area contributed by atoms with Gasteiger partial charge in [0, 0.05) is 12.1 Å². The molecule has 1 aliphatic rings. The molecule has 1 aliphatic carbocycles. The molecule has 0 bridgehead atoms. The van der Waals surface area contributed by atoms with Crippen molar-refractivity contribution in [3.63, 3.8) is 0 Å². The summed E-state index contributed by atoms with van der Waals surface area (Å²) >= 11 is 3.53. The maximum atomic E-state index is 9.85. The van der Waals surface area contributed by atoms with Crippen LogP contribution in [-0.4, -0.2) is 23.9 Å². The predicted octanol–water partition coefficient (Wildman–Crippen LogP) is 2.85. The minimum Gasteiger partial charge on any atom is -0.486 e. The number of rotatable bonds is 5. The molecule has 1 aromatic carbocycles. The summed E-state index contributed by atoms with van der Waals surface area (Å²) in [5.74, 6) is 0.865. The molecule has 3 nitrogen and oxygen atoms in total. The molecule has 0 amide bonds. The van der Waals surface area contributed by atoms with Crippen molar-refractivity contribution in [1.82, 2.24) is 5.32 Å². The van der Waals surface area contributed by atoms with Crippen molar-refractivity contribution in [2.24, 2.45) is 0 Å². The maximum Gasteiger partial charge on any atom is 0.138 e. The number of hydrogen-bond donors (Lipinski definition) is 2. The van der Waals surface area contributed by atoms with Crippen LogP contribution in [0.1, 0.15) is 31.7 Å². The molecular formula is C14H20BrNO2. The molecule has 2 unspecified atom stereocenters. The second-order valence-corrected chi connectivity index (χ2v) is 5.52. The average molecular weight is 314 g/mol. The molecule has 0 radical (unpaired) electrons. The van der Waals surface area contributed by atoms with Crippen LogP contribution in [0.5, 0.6) is 5.75 Å². The summed E-state index contributed by atoms with van der Waals surface area (Å²) in [6.07, 6.45) is 2.42. The van der Waals surface area contributed by atoms with Crippen molar-refractivity contribution in [1.29, 1.82) is 0 Å². The lowest BCUT2D eigenvalue weighted by molar-refractivity contribution is 0.0592. The van der Waals surface area contributed by atoms with Gasteiger partial charge in [-0.2, -0.15) is 0 Å². The van der Waals surface area contributed by atoms with Crippen LogP contribution < -0.4 is 10.1 Å². The highest BCUT2D eigenvalue weighted by Gasteiger charge is 2.28. The van der Waals surface area contributed by atoms with Gasteiger partial charge in [0.2, 0.25) is 0 Å². The largest absolute Gasteiger partial charge is 0.486 e. The summed E-state index contributed by atoms with van der Waals surface area (Å²) in [7, 11) is 0. The fourth-order valence-corrected chi connectivity index (χ4v) is 2.78. The standard InChI is InChI=1S/C14H20BrNO2/c1-2-16-9-10-5-3-6-11(15)14(10)18-13-8-4-7-12(13)17/h3,5-6,12-13,16-17H,2,4,7-9H2,1H3. The lowest BCUT2D eigenvalue weighted by Gasteiger charge is -2.20.